The number of ether oxygens (including phenoxy) is 1. The lowest BCUT2D eigenvalue weighted by Gasteiger charge is -2.33. The zero-order chi connectivity index (χ0) is 11.5. The van der Waals surface area contributed by atoms with Crippen LogP contribution in [0.1, 0.15) is 12.8 Å². The summed E-state index contributed by atoms with van der Waals surface area (Å²) in [4.78, 5) is 10.3. The topological polar surface area (TPSA) is 38.2 Å². The van der Waals surface area contributed by atoms with Crippen molar-refractivity contribution in [3.05, 3.63) is 16.0 Å². The van der Waals surface area contributed by atoms with Crippen LogP contribution in [0.15, 0.2) is 10.7 Å². The van der Waals surface area contributed by atoms with Gasteiger partial charge in [-0.1, -0.05) is 0 Å². The SMILES string of the molecule is COC1CCCN(c2nc(Cl)ncc2Br)C1. The predicted molar refractivity (Wildman–Crippen MR) is 67.0 cm³/mol. The van der Waals surface area contributed by atoms with Crippen LogP contribution in [-0.4, -0.2) is 36.3 Å². The summed E-state index contributed by atoms with van der Waals surface area (Å²) < 4.78 is 6.25. The average molecular weight is 307 g/mol. The minimum atomic E-state index is 0.273. The number of nitrogens with zero attached hydrogens (tertiary/aromatic N) is 3. The minimum absolute atomic E-state index is 0.273. The van der Waals surface area contributed by atoms with Gasteiger partial charge in [0, 0.05) is 26.4 Å². The maximum atomic E-state index is 5.81. The molecule has 1 aliphatic rings. The van der Waals surface area contributed by atoms with E-state index in [1.807, 2.05) is 0 Å². The molecule has 1 aromatic heterocycles. The van der Waals surface area contributed by atoms with Crippen molar-refractivity contribution in [1.29, 1.82) is 0 Å². The molecule has 2 rings (SSSR count). The molecule has 0 aromatic carbocycles. The Hall–Kier alpha value is -0.390. The van der Waals surface area contributed by atoms with Crippen LogP contribution in [0.4, 0.5) is 5.82 Å². The Bertz CT molecular complexity index is 377. The van der Waals surface area contributed by atoms with Crippen molar-refractivity contribution in [3.63, 3.8) is 0 Å². The molecular weight excluding hydrogens is 293 g/mol. The van der Waals surface area contributed by atoms with Crippen molar-refractivity contribution in [2.45, 2.75) is 18.9 Å². The Morgan fingerprint density at radius 2 is 2.44 bits per heavy atom. The summed E-state index contributed by atoms with van der Waals surface area (Å²) >= 11 is 9.25. The Morgan fingerprint density at radius 1 is 1.62 bits per heavy atom. The smallest absolute Gasteiger partial charge is 0.224 e. The van der Waals surface area contributed by atoms with Crippen molar-refractivity contribution in [2.75, 3.05) is 25.1 Å². The van der Waals surface area contributed by atoms with Gasteiger partial charge >= 0.3 is 0 Å². The first-order chi connectivity index (χ1) is 7.70. The van der Waals surface area contributed by atoms with Crippen LogP contribution in [0.3, 0.4) is 0 Å². The lowest BCUT2D eigenvalue weighted by Crippen LogP contribution is -2.39. The summed E-state index contributed by atoms with van der Waals surface area (Å²) in [6.45, 7) is 1.83. The second kappa shape index (κ2) is 5.29. The van der Waals surface area contributed by atoms with Crippen LogP contribution in [0.5, 0.6) is 0 Å². The molecule has 2 heterocycles. The summed E-state index contributed by atoms with van der Waals surface area (Å²) in [5, 5.41) is 0.276. The molecule has 0 aliphatic carbocycles. The Kier molecular flexibility index (Phi) is 4.00. The lowest BCUT2D eigenvalue weighted by atomic mass is 10.1. The van der Waals surface area contributed by atoms with Gasteiger partial charge in [-0.15, -0.1) is 0 Å². The summed E-state index contributed by atoms with van der Waals surface area (Å²) in [5.74, 6) is 0.849. The molecule has 0 radical (unpaired) electrons. The largest absolute Gasteiger partial charge is 0.380 e. The first-order valence-electron chi connectivity index (χ1n) is 5.16. The molecule has 1 aliphatic heterocycles. The zero-order valence-corrected chi connectivity index (χ0v) is 11.3. The fourth-order valence-electron chi connectivity index (χ4n) is 1.88. The second-order valence-corrected chi connectivity index (χ2v) is 4.95. The maximum Gasteiger partial charge on any atom is 0.224 e. The van der Waals surface area contributed by atoms with Crippen LogP contribution in [0.2, 0.25) is 5.28 Å². The minimum Gasteiger partial charge on any atom is -0.380 e. The van der Waals surface area contributed by atoms with Crippen LogP contribution in [-0.2, 0) is 4.74 Å². The van der Waals surface area contributed by atoms with E-state index < -0.39 is 0 Å². The predicted octanol–water partition coefficient (Wildman–Crippen LogP) is 2.51. The highest BCUT2D eigenvalue weighted by atomic mass is 79.9. The molecule has 0 N–H and O–H groups in total. The summed E-state index contributed by atoms with van der Waals surface area (Å²) in [6.07, 6.45) is 4.16. The third kappa shape index (κ3) is 2.64. The third-order valence-electron chi connectivity index (χ3n) is 2.71. The highest BCUT2D eigenvalue weighted by Crippen LogP contribution is 2.27. The number of aromatic nitrogens is 2. The van der Waals surface area contributed by atoms with E-state index in [4.69, 9.17) is 16.3 Å². The van der Waals surface area contributed by atoms with Crippen LogP contribution in [0.25, 0.3) is 0 Å². The number of methoxy groups -OCH3 is 1. The van der Waals surface area contributed by atoms with Gasteiger partial charge in [0.2, 0.25) is 5.28 Å². The Morgan fingerprint density at radius 3 is 3.19 bits per heavy atom. The summed E-state index contributed by atoms with van der Waals surface area (Å²) in [6, 6.07) is 0. The van der Waals surface area contributed by atoms with E-state index in [-0.39, 0.29) is 11.4 Å². The van der Waals surface area contributed by atoms with Gasteiger partial charge < -0.3 is 9.64 Å². The van der Waals surface area contributed by atoms with Gasteiger partial charge in [-0.2, -0.15) is 4.98 Å². The van der Waals surface area contributed by atoms with E-state index in [0.717, 1.165) is 36.2 Å². The molecule has 0 bridgehead atoms. The highest BCUT2D eigenvalue weighted by molar-refractivity contribution is 9.10. The van der Waals surface area contributed by atoms with Crippen molar-refractivity contribution >= 4 is 33.3 Å². The fourth-order valence-corrected chi connectivity index (χ4v) is 2.45. The number of piperidine rings is 1. The fraction of sp³-hybridized carbons (Fsp3) is 0.600. The Labute approximate surface area is 108 Å². The third-order valence-corrected chi connectivity index (χ3v) is 3.45. The van der Waals surface area contributed by atoms with Gasteiger partial charge in [0.05, 0.1) is 10.6 Å². The zero-order valence-electron chi connectivity index (χ0n) is 8.99. The van der Waals surface area contributed by atoms with E-state index in [0.29, 0.717) is 0 Å². The summed E-state index contributed by atoms with van der Waals surface area (Å²) in [5.41, 5.74) is 0. The van der Waals surface area contributed by atoms with Crippen molar-refractivity contribution < 1.29 is 4.74 Å². The first kappa shape index (κ1) is 12.1. The molecule has 1 saturated heterocycles. The molecule has 0 saturated carbocycles. The molecule has 1 fully saturated rings. The molecule has 16 heavy (non-hydrogen) atoms. The molecular formula is C10H13BrClN3O. The Balaban J connectivity index is 2.19. The quantitative estimate of drug-likeness (QED) is 0.787. The number of halogens is 2. The highest BCUT2D eigenvalue weighted by Gasteiger charge is 2.22. The van der Waals surface area contributed by atoms with Crippen molar-refractivity contribution in [3.8, 4) is 0 Å². The molecule has 6 heteroatoms. The van der Waals surface area contributed by atoms with E-state index in [1.165, 1.54) is 0 Å². The second-order valence-electron chi connectivity index (χ2n) is 3.76. The van der Waals surface area contributed by atoms with Gasteiger partial charge in [-0.05, 0) is 40.4 Å². The normalized spacial score (nSPS) is 21.2. The number of hydrogen-bond donors (Lipinski definition) is 0. The first-order valence-corrected chi connectivity index (χ1v) is 6.33. The lowest BCUT2D eigenvalue weighted by molar-refractivity contribution is 0.0891. The standard InChI is InChI=1S/C10H13BrClN3O/c1-16-7-3-2-4-15(6-7)9-8(11)5-13-10(12)14-9/h5,7H,2-4,6H2,1H3. The molecule has 4 nitrogen and oxygen atoms in total. The van der Waals surface area contributed by atoms with Gasteiger partial charge in [0.15, 0.2) is 0 Å². The molecule has 88 valence electrons. The van der Waals surface area contributed by atoms with Gasteiger partial charge in [-0.3, -0.25) is 0 Å². The maximum absolute atomic E-state index is 5.81. The average Bonchev–Trinajstić information content (AvgIpc) is 2.32. The number of rotatable bonds is 2. The van der Waals surface area contributed by atoms with Gasteiger partial charge in [0.1, 0.15) is 5.82 Å². The van der Waals surface area contributed by atoms with Crippen LogP contribution >= 0.6 is 27.5 Å². The molecule has 0 spiro atoms. The molecule has 1 aromatic rings. The summed E-state index contributed by atoms with van der Waals surface area (Å²) in [7, 11) is 1.75. The molecule has 0 amide bonds. The van der Waals surface area contributed by atoms with E-state index in [1.54, 1.807) is 13.3 Å². The van der Waals surface area contributed by atoms with Crippen LogP contribution in [0, 0.1) is 0 Å². The van der Waals surface area contributed by atoms with E-state index in [2.05, 4.69) is 30.8 Å². The number of anilines is 1. The van der Waals surface area contributed by atoms with E-state index >= 15 is 0 Å². The van der Waals surface area contributed by atoms with Gasteiger partial charge in [-0.25, -0.2) is 4.98 Å². The number of hydrogen-bond acceptors (Lipinski definition) is 4. The monoisotopic (exact) mass is 305 g/mol. The van der Waals surface area contributed by atoms with Crippen molar-refractivity contribution in [2.24, 2.45) is 0 Å². The van der Waals surface area contributed by atoms with Gasteiger partial charge in [0.25, 0.3) is 0 Å². The van der Waals surface area contributed by atoms with E-state index in [9.17, 15) is 0 Å². The van der Waals surface area contributed by atoms with Crippen LogP contribution < -0.4 is 4.90 Å². The molecule has 1 unspecified atom stereocenters. The van der Waals surface area contributed by atoms with Crippen molar-refractivity contribution in [1.82, 2.24) is 9.97 Å². The molecule has 1 atom stereocenters.